The summed E-state index contributed by atoms with van der Waals surface area (Å²) >= 11 is 0. The minimum Gasteiger partial charge on any atom is -0.444 e. The maximum Gasteiger partial charge on any atom is 0.410 e. The maximum atomic E-state index is 14.4. The Morgan fingerprint density at radius 3 is 2.13 bits per heavy atom. The van der Waals surface area contributed by atoms with E-state index in [1.54, 1.807) is 27.7 Å². The molecule has 8 nitrogen and oxygen atoms in total. The molecule has 1 N–H and O–H groups in total. The number of hydrogen-bond acceptors (Lipinski definition) is 5. The van der Waals surface area contributed by atoms with Crippen molar-refractivity contribution >= 4 is 33.8 Å². The summed E-state index contributed by atoms with van der Waals surface area (Å²) in [6.07, 6.45) is -0.495. The van der Waals surface area contributed by atoms with E-state index in [2.05, 4.69) is 10.3 Å². The number of carbonyl (C=O) groups excluding carboxylic acids is 3. The number of amides is 3. The van der Waals surface area contributed by atoms with Gasteiger partial charge in [-0.05, 0) is 63.9 Å². The lowest BCUT2D eigenvalue weighted by atomic mass is 9.88. The Balaban J connectivity index is 1.82. The highest BCUT2D eigenvalue weighted by Crippen LogP contribution is 3.02. The summed E-state index contributed by atoms with van der Waals surface area (Å²) in [5, 5.41) is 2.56. The molecule has 0 spiro atoms. The molecule has 1 aliphatic carbocycles. The zero-order chi connectivity index (χ0) is 34.5. The summed E-state index contributed by atoms with van der Waals surface area (Å²) in [6.45, 7) is 6.35. The topological polar surface area (TPSA) is 91.8 Å². The summed E-state index contributed by atoms with van der Waals surface area (Å²) in [7, 11) is -10.2. The van der Waals surface area contributed by atoms with Crippen molar-refractivity contribution in [3.63, 3.8) is 0 Å². The van der Waals surface area contributed by atoms with Crippen LogP contribution in [0.4, 0.5) is 43.1 Å². The van der Waals surface area contributed by atoms with Gasteiger partial charge in [-0.2, -0.15) is 0 Å². The summed E-state index contributed by atoms with van der Waals surface area (Å²) in [5.74, 6) is -6.52. The molecule has 46 heavy (non-hydrogen) atoms. The normalized spacial score (nSPS) is 22.5. The number of hydrogen-bond donors (Lipinski definition) is 1. The average Bonchev–Trinajstić information content (AvgIpc) is 2.89. The lowest BCUT2D eigenvalue weighted by Gasteiger charge is -2.48. The molecular formula is C29H34F8N4O4S. The van der Waals surface area contributed by atoms with Gasteiger partial charge in [0.25, 0.3) is 5.91 Å². The number of nitrogens with one attached hydrogen (secondary N) is 1. The quantitative estimate of drug-likeness (QED) is 0.299. The fraction of sp³-hybridized carbons (Fsp3) is 0.517. The van der Waals surface area contributed by atoms with Crippen LogP contribution < -0.4 is 10.2 Å². The second kappa shape index (κ2) is 11.3. The summed E-state index contributed by atoms with van der Waals surface area (Å²) in [5.41, 5.74) is -1.71. The number of pyridine rings is 1. The first kappa shape index (κ1) is 35.2. The predicted octanol–water partition coefficient (Wildman–Crippen LogP) is 7.90. The molecule has 2 heterocycles. The first-order chi connectivity index (χ1) is 20.8. The Labute approximate surface area is 260 Å². The molecule has 1 aromatic heterocycles. The van der Waals surface area contributed by atoms with Crippen molar-refractivity contribution in [1.29, 1.82) is 0 Å². The van der Waals surface area contributed by atoms with E-state index < -0.39 is 92.9 Å². The number of ether oxygens (including phenoxy) is 1. The van der Waals surface area contributed by atoms with E-state index in [-0.39, 0.29) is 37.1 Å². The van der Waals surface area contributed by atoms with Crippen LogP contribution in [0.25, 0.3) is 0 Å². The standard InChI is InChI=1S/C29H34F8N4O4S/c1-17-16-40(27(44)45-28(2,3)4)23(17)26(43)41(21-5-7-22(8-6-21)46(33,34,35,36)37)24(18-13-19(30)15-38-14-18)25(42)39-20-9-11-29(31,32)12-10-20/h5-8,13-15,17,20,23-24H,9-12,16H2,1-4H3,(H,39,42)/t17-,23+,24?/m0/s1. The molecular weight excluding hydrogens is 652 g/mol. The van der Waals surface area contributed by atoms with Crippen molar-refractivity contribution in [2.45, 2.75) is 87.9 Å². The molecule has 4 rings (SSSR count). The van der Waals surface area contributed by atoms with Gasteiger partial charge in [0.15, 0.2) is 0 Å². The van der Waals surface area contributed by atoms with E-state index in [9.17, 15) is 47.0 Å². The van der Waals surface area contributed by atoms with E-state index >= 15 is 0 Å². The number of alkyl halides is 2. The SMILES string of the molecule is C[C@H]1CN(C(=O)OC(C)(C)C)[C@H]1C(=O)N(c1ccc(S(F)(F)(F)(F)F)cc1)C(C(=O)NC1CCC(F)(F)CC1)c1cncc(F)c1. The molecule has 2 aromatic rings. The van der Waals surface area contributed by atoms with Gasteiger partial charge in [-0.1, -0.05) is 26.4 Å². The van der Waals surface area contributed by atoms with Crippen LogP contribution >= 0.6 is 10.2 Å². The van der Waals surface area contributed by atoms with Crippen LogP contribution in [-0.2, 0) is 14.3 Å². The monoisotopic (exact) mass is 686 g/mol. The van der Waals surface area contributed by atoms with Crippen LogP contribution in [0.15, 0.2) is 47.6 Å². The van der Waals surface area contributed by atoms with Gasteiger partial charge in [0.05, 0.1) is 6.20 Å². The van der Waals surface area contributed by atoms with Gasteiger partial charge in [-0.15, -0.1) is 0 Å². The minimum absolute atomic E-state index is 0.0248. The van der Waals surface area contributed by atoms with Gasteiger partial charge >= 0.3 is 16.3 Å². The number of aromatic nitrogens is 1. The molecule has 256 valence electrons. The van der Waals surface area contributed by atoms with Crippen molar-refractivity contribution in [2.75, 3.05) is 11.4 Å². The van der Waals surface area contributed by atoms with Crippen LogP contribution in [0.5, 0.6) is 0 Å². The largest absolute Gasteiger partial charge is 0.444 e. The molecule has 2 aliphatic rings. The van der Waals surface area contributed by atoms with Crippen LogP contribution in [0, 0.1) is 11.7 Å². The fourth-order valence-electron chi connectivity index (χ4n) is 5.45. The predicted molar refractivity (Wildman–Crippen MR) is 153 cm³/mol. The smallest absolute Gasteiger partial charge is 0.410 e. The number of rotatable bonds is 7. The van der Waals surface area contributed by atoms with Gasteiger partial charge in [0.1, 0.15) is 28.4 Å². The molecule has 0 bridgehead atoms. The number of nitrogens with zero attached hydrogens (tertiary/aromatic N) is 3. The molecule has 17 heteroatoms. The molecule has 1 saturated carbocycles. The van der Waals surface area contributed by atoms with Gasteiger partial charge < -0.3 is 10.1 Å². The fourth-order valence-corrected chi connectivity index (χ4v) is 6.10. The van der Waals surface area contributed by atoms with Crippen molar-refractivity contribution in [2.24, 2.45) is 5.92 Å². The molecule has 3 atom stereocenters. The summed E-state index contributed by atoms with van der Waals surface area (Å²) < 4.78 is 115. The van der Waals surface area contributed by atoms with E-state index in [0.717, 1.165) is 23.4 Å². The first-order valence-corrected chi connectivity index (χ1v) is 16.3. The summed E-state index contributed by atoms with van der Waals surface area (Å²) in [4.78, 5) is 44.3. The number of likely N-dealkylation sites (tertiary alicyclic amines) is 1. The Bertz CT molecular complexity index is 1490. The molecule has 3 amide bonds. The Kier molecular flexibility index (Phi) is 8.63. The van der Waals surface area contributed by atoms with E-state index in [4.69, 9.17) is 4.74 Å². The average molecular weight is 687 g/mol. The molecule has 1 saturated heterocycles. The molecule has 1 unspecified atom stereocenters. The number of anilines is 1. The van der Waals surface area contributed by atoms with Crippen LogP contribution in [0.1, 0.15) is 65.0 Å². The number of halogens is 8. The third-order valence-corrected chi connectivity index (χ3v) is 8.81. The van der Waals surface area contributed by atoms with Crippen LogP contribution in [-0.4, -0.2) is 57.9 Å². The third-order valence-electron chi connectivity index (χ3n) is 7.65. The maximum absolute atomic E-state index is 14.4. The van der Waals surface area contributed by atoms with E-state index in [1.807, 2.05) is 0 Å². The number of carbonyl (C=O) groups is 3. The summed E-state index contributed by atoms with van der Waals surface area (Å²) in [6, 6.07) is -1.96. The molecule has 0 radical (unpaired) electrons. The zero-order valence-corrected chi connectivity index (χ0v) is 26.1. The molecule has 1 aromatic carbocycles. The van der Waals surface area contributed by atoms with Gasteiger partial charge in [0.2, 0.25) is 11.8 Å². The number of benzene rings is 1. The van der Waals surface area contributed by atoms with Gasteiger partial charge in [0, 0.05) is 48.8 Å². The van der Waals surface area contributed by atoms with Crippen molar-refractivity contribution in [3.05, 3.63) is 54.1 Å². The highest BCUT2D eigenvalue weighted by Gasteiger charge is 2.65. The van der Waals surface area contributed by atoms with E-state index in [1.165, 1.54) is 0 Å². The second-order valence-electron chi connectivity index (χ2n) is 12.7. The van der Waals surface area contributed by atoms with Crippen molar-refractivity contribution in [3.8, 4) is 0 Å². The van der Waals surface area contributed by atoms with Crippen LogP contribution in [0.2, 0.25) is 0 Å². The van der Waals surface area contributed by atoms with Gasteiger partial charge in [-0.3, -0.25) is 24.4 Å². The lowest BCUT2D eigenvalue weighted by molar-refractivity contribution is -0.135. The van der Waals surface area contributed by atoms with Crippen LogP contribution in [0.3, 0.4) is 0 Å². The van der Waals surface area contributed by atoms with Crippen molar-refractivity contribution < 1.29 is 51.7 Å². The second-order valence-corrected chi connectivity index (χ2v) is 15.1. The Morgan fingerprint density at radius 1 is 1.04 bits per heavy atom. The molecule has 1 aliphatic heterocycles. The van der Waals surface area contributed by atoms with Crippen molar-refractivity contribution in [1.82, 2.24) is 15.2 Å². The Morgan fingerprint density at radius 2 is 1.63 bits per heavy atom. The minimum atomic E-state index is -10.2. The highest BCUT2D eigenvalue weighted by atomic mass is 32.5. The van der Waals surface area contributed by atoms with Gasteiger partial charge in [-0.25, -0.2) is 18.0 Å². The first-order valence-electron chi connectivity index (χ1n) is 14.3. The molecule has 2 fully saturated rings. The lowest BCUT2D eigenvalue weighted by Crippen LogP contribution is -2.66. The highest BCUT2D eigenvalue weighted by molar-refractivity contribution is 8.45. The Hall–Kier alpha value is -3.63. The third kappa shape index (κ3) is 8.20. The zero-order valence-electron chi connectivity index (χ0n) is 25.3. The van der Waals surface area contributed by atoms with E-state index in [0.29, 0.717) is 17.0 Å².